The van der Waals surface area contributed by atoms with Crippen LogP contribution in [0.25, 0.3) is 0 Å². The van der Waals surface area contributed by atoms with Crippen molar-refractivity contribution in [2.24, 2.45) is 5.92 Å². The molecular formula is C7H10Cl2N4O. The molecular weight excluding hydrogens is 227 g/mol. The van der Waals surface area contributed by atoms with E-state index < -0.39 is 0 Å². The second-order valence-electron chi connectivity index (χ2n) is 2.89. The van der Waals surface area contributed by atoms with Gasteiger partial charge >= 0.3 is 0 Å². The first kappa shape index (κ1) is 11.4. The fourth-order valence-electron chi connectivity index (χ4n) is 0.741. The van der Waals surface area contributed by atoms with E-state index in [0.717, 1.165) is 0 Å². The Morgan fingerprint density at radius 3 is 2.79 bits per heavy atom. The van der Waals surface area contributed by atoms with Crippen LogP contribution < -0.4 is 5.32 Å². The van der Waals surface area contributed by atoms with E-state index >= 15 is 0 Å². The van der Waals surface area contributed by atoms with Gasteiger partial charge in [0.2, 0.25) is 5.28 Å². The Bertz CT molecular complexity index is 310. The van der Waals surface area contributed by atoms with Gasteiger partial charge in [-0.2, -0.15) is 4.98 Å². The van der Waals surface area contributed by atoms with Gasteiger partial charge in [0.15, 0.2) is 11.0 Å². The second-order valence-corrected chi connectivity index (χ2v) is 3.58. The Hall–Kier alpha value is -0.650. The van der Waals surface area contributed by atoms with Gasteiger partial charge in [-0.1, -0.05) is 18.5 Å². The Balaban J connectivity index is 2.62. The van der Waals surface area contributed by atoms with Crippen LogP contribution >= 0.6 is 23.2 Å². The first-order valence-electron chi connectivity index (χ1n) is 4.04. The third-order valence-corrected chi connectivity index (χ3v) is 1.96. The highest BCUT2D eigenvalue weighted by atomic mass is 35.5. The lowest BCUT2D eigenvalue weighted by molar-refractivity contribution is 0.244. The smallest absolute Gasteiger partial charge is 0.245 e. The maximum atomic E-state index is 8.79. The van der Waals surface area contributed by atoms with Crippen LogP contribution in [0.5, 0.6) is 0 Å². The molecule has 0 radical (unpaired) electrons. The lowest BCUT2D eigenvalue weighted by Gasteiger charge is -2.10. The van der Waals surface area contributed by atoms with E-state index in [-0.39, 0.29) is 23.0 Å². The predicted molar refractivity (Wildman–Crippen MR) is 54.6 cm³/mol. The summed E-state index contributed by atoms with van der Waals surface area (Å²) in [5.41, 5.74) is 0. The van der Waals surface area contributed by atoms with Crippen molar-refractivity contribution in [3.05, 3.63) is 10.4 Å². The average molecular weight is 237 g/mol. The molecule has 2 N–H and O–H groups in total. The fourth-order valence-corrected chi connectivity index (χ4v) is 1.01. The summed E-state index contributed by atoms with van der Waals surface area (Å²) in [4.78, 5) is 3.85. The monoisotopic (exact) mass is 236 g/mol. The zero-order valence-corrected chi connectivity index (χ0v) is 9.05. The molecule has 1 atom stereocenters. The molecule has 0 aromatic carbocycles. The molecule has 0 spiro atoms. The summed E-state index contributed by atoms with van der Waals surface area (Å²) < 4.78 is 0. The van der Waals surface area contributed by atoms with Crippen molar-refractivity contribution >= 4 is 29.0 Å². The molecule has 1 unspecified atom stereocenters. The van der Waals surface area contributed by atoms with Crippen LogP contribution in [-0.4, -0.2) is 33.4 Å². The van der Waals surface area contributed by atoms with Crippen molar-refractivity contribution in [1.29, 1.82) is 0 Å². The number of aliphatic hydroxyl groups is 1. The number of nitrogens with zero attached hydrogens (tertiary/aromatic N) is 3. The van der Waals surface area contributed by atoms with Crippen LogP contribution in [0.1, 0.15) is 6.92 Å². The van der Waals surface area contributed by atoms with E-state index in [1.165, 1.54) is 0 Å². The maximum absolute atomic E-state index is 8.79. The number of hydrogen-bond acceptors (Lipinski definition) is 5. The molecule has 0 amide bonds. The van der Waals surface area contributed by atoms with Crippen molar-refractivity contribution in [2.45, 2.75) is 6.92 Å². The SMILES string of the molecule is CC(CO)CNc1nc(Cl)nnc1Cl. The van der Waals surface area contributed by atoms with Crippen molar-refractivity contribution in [3.8, 4) is 0 Å². The van der Waals surface area contributed by atoms with Crippen LogP contribution in [0.2, 0.25) is 10.4 Å². The standard InChI is InChI=1S/C7H10Cl2N4O/c1-4(3-14)2-10-6-5(8)12-13-7(9)11-6/h4,14H,2-3H2,1H3,(H,10,11,13). The van der Waals surface area contributed by atoms with E-state index in [9.17, 15) is 0 Å². The highest BCUT2D eigenvalue weighted by Crippen LogP contribution is 2.16. The van der Waals surface area contributed by atoms with Gasteiger partial charge in [-0.3, -0.25) is 0 Å². The summed E-state index contributed by atoms with van der Waals surface area (Å²) in [6.07, 6.45) is 0. The number of anilines is 1. The maximum Gasteiger partial charge on any atom is 0.245 e. The average Bonchev–Trinajstić information content (AvgIpc) is 2.19. The topological polar surface area (TPSA) is 70.9 Å². The summed E-state index contributed by atoms with van der Waals surface area (Å²) in [7, 11) is 0. The van der Waals surface area contributed by atoms with E-state index in [0.29, 0.717) is 12.4 Å². The minimum absolute atomic E-state index is 0.0357. The summed E-state index contributed by atoms with van der Waals surface area (Å²) >= 11 is 11.2. The largest absolute Gasteiger partial charge is 0.396 e. The molecule has 0 aliphatic heterocycles. The van der Waals surface area contributed by atoms with Gasteiger partial charge in [-0.05, 0) is 17.5 Å². The van der Waals surface area contributed by atoms with Crippen LogP contribution in [0, 0.1) is 5.92 Å². The molecule has 0 saturated heterocycles. The van der Waals surface area contributed by atoms with E-state index in [4.69, 9.17) is 28.3 Å². The molecule has 5 nitrogen and oxygen atoms in total. The van der Waals surface area contributed by atoms with Crippen LogP contribution in [0.15, 0.2) is 0 Å². The van der Waals surface area contributed by atoms with Crippen LogP contribution in [0.3, 0.4) is 0 Å². The number of aliphatic hydroxyl groups excluding tert-OH is 1. The molecule has 0 bridgehead atoms. The van der Waals surface area contributed by atoms with Gasteiger partial charge in [-0.25, -0.2) is 0 Å². The molecule has 0 aliphatic rings. The first-order valence-corrected chi connectivity index (χ1v) is 4.79. The molecule has 0 fully saturated rings. The molecule has 0 aliphatic carbocycles. The highest BCUT2D eigenvalue weighted by Gasteiger charge is 2.07. The molecule has 1 heterocycles. The molecule has 1 aromatic rings. The highest BCUT2D eigenvalue weighted by molar-refractivity contribution is 6.32. The van der Waals surface area contributed by atoms with Crippen molar-refractivity contribution < 1.29 is 5.11 Å². The third kappa shape index (κ3) is 3.25. The normalized spacial score (nSPS) is 12.6. The minimum Gasteiger partial charge on any atom is -0.396 e. The zero-order valence-electron chi connectivity index (χ0n) is 7.54. The number of rotatable bonds is 4. The lowest BCUT2D eigenvalue weighted by atomic mass is 10.2. The summed E-state index contributed by atoms with van der Waals surface area (Å²) in [5.74, 6) is 0.492. The predicted octanol–water partition coefficient (Wildman–Crippen LogP) is 1.22. The first-order chi connectivity index (χ1) is 6.63. The van der Waals surface area contributed by atoms with Gasteiger partial charge in [-0.15, -0.1) is 10.2 Å². The number of halogens is 2. The number of hydrogen-bond donors (Lipinski definition) is 2. The summed E-state index contributed by atoms with van der Waals surface area (Å²) in [5, 5.41) is 19.0. The van der Waals surface area contributed by atoms with Gasteiger partial charge < -0.3 is 10.4 Å². The van der Waals surface area contributed by atoms with E-state index in [1.54, 1.807) is 0 Å². The minimum atomic E-state index is 0.0357. The molecule has 0 saturated carbocycles. The Morgan fingerprint density at radius 1 is 1.43 bits per heavy atom. The third-order valence-electron chi connectivity index (χ3n) is 1.55. The van der Waals surface area contributed by atoms with Gasteiger partial charge in [0.25, 0.3) is 0 Å². The Kier molecular flexibility index (Phi) is 4.31. The lowest BCUT2D eigenvalue weighted by Crippen LogP contribution is -2.16. The number of aromatic nitrogens is 3. The quantitative estimate of drug-likeness (QED) is 0.823. The van der Waals surface area contributed by atoms with Crippen molar-refractivity contribution in [2.75, 3.05) is 18.5 Å². The van der Waals surface area contributed by atoms with E-state index in [1.807, 2.05) is 6.92 Å². The molecule has 7 heteroatoms. The summed E-state index contributed by atoms with van der Waals surface area (Å²) in [6.45, 7) is 2.53. The van der Waals surface area contributed by atoms with Crippen molar-refractivity contribution in [1.82, 2.24) is 15.2 Å². The van der Waals surface area contributed by atoms with Gasteiger partial charge in [0, 0.05) is 13.2 Å². The molecule has 1 aromatic heterocycles. The Labute approximate surface area is 91.5 Å². The zero-order chi connectivity index (χ0) is 10.6. The summed E-state index contributed by atoms with van der Waals surface area (Å²) in [6, 6.07) is 0. The Morgan fingerprint density at radius 2 is 2.14 bits per heavy atom. The van der Waals surface area contributed by atoms with Crippen LogP contribution in [-0.2, 0) is 0 Å². The van der Waals surface area contributed by atoms with Gasteiger partial charge in [0.1, 0.15) is 0 Å². The fraction of sp³-hybridized carbons (Fsp3) is 0.571. The number of nitrogens with one attached hydrogen (secondary N) is 1. The second kappa shape index (κ2) is 5.29. The van der Waals surface area contributed by atoms with Crippen molar-refractivity contribution in [3.63, 3.8) is 0 Å². The van der Waals surface area contributed by atoms with Gasteiger partial charge in [0.05, 0.1) is 0 Å². The van der Waals surface area contributed by atoms with E-state index in [2.05, 4.69) is 20.5 Å². The molecule has 78 valence electrons. The van der Waals surface area contributed by atoms with Crippen LogP contribution in [0.4, 0.5) is 5.82 Å². The molecule has 1 rings (SSSR count). The molecule has 14 heavy (non-hydrogen) atoms.